The first-order valence-corrected chi connectivity index (χ1v) is 5.65. The zero-order valence-corrected chi connectivity index (χ0v) is 10.7. The molecule has 0 unspecified atom stereocenters. The summed E-state index contributed by atoms with van der Waals surface area (Å²) in [6, 6.07) is 0.791. The van der Waals surface area contributed by atoms with E-state index < -0.39 is 45.4 Å². The molecule has 0 aliphatic carbocycles. The fourth-order valence-corrected chi connectivity index (χ4v) is 1.67. The molecule has 0 spiro atoms. The second-order valence-electron chi connectivity index (χ2n) is 3.25. The minimum atomic E-state index is -1.24. The van der Waals surface area contributed by atoms with E-state index in [-0.39, 0.29) is 6.61 Å². The van der Waals surface area contributed by atoms with Crippen molar-refractivity contribution in [1.29, 1.82) is 0 Å². The number of hydrogen-bond acceptors (Lipinski definition) is 3. The van der Waals surface area contributed by atoms with E-state index in [2.05, 4.69) is 4.74 Å². The second-order valence-corrected chi connectivity index (χ2v) is 4.04. The molecule has 0 heterocycles. The highest BCUT2D eigenvalue weighted by molar-refractivity contribution is 6.35. The fourth-order valence-electron chi connectivity index (χ4n) is 1.21. The Morgan fingerprint density at radius 1 is 1.28 bits per heavy atom. The van der Waals surface area contributed by atoms with Gasteiger partial charge in [-0.05, 0) is 13.0 Å². The highest BCUT2D eigenvalue weighted by atomic mass is 35.5. The van der Waals surface area contributed by atoms with E-state index in [0.717, 1.165) is 6.07 Å². The van der Waals surface area contributed by atoms with Crippen molar-refractivity contribution in [3.05, 3.63) is 33.3 Å². The highest BCUT2D eigenvalue weighted by Crippen LogP contribution is 2.29. The van der Waals surface area contributed by atoms with Gasteiger partial charge in [0.15, 0.2) is 17.4 Å². The molecule has 0 amide bonds. The van der Waals surface area contributed by atoms with E-state index in [9.17, 15) is 18.4 Å². The molecule has 0 aliphatic rings. The summed E-state index contributed by atoms with van der Waals surface area (Å²) in [5, 5.41) is -1.37. The lowest BCUT2D eigenvalue weighted by molar-refractivity contribution is -0.141. The molecule has 0 bridgehead atoms. The van der Waals surface area contributed by atoms with Crippen LogP contribution in [0.4, 0.5) is 8.78 Å². The smallest absolute Gasteiger partial charge is 0.313 e. The van der Waals surface area contributed by atoms with Crippen LogP contribution in [-0.4, -0.2) is 18.4 Å². The number of esters is 1. The number of benzene rings is 1. The van der Waals surface area contributed by atoms with Crippen molar-refractivity contribution in [1.82, 2.24) is 0 Å². The van der Waals surface area contributed by atoms with Gasteiger partial charge in [0, 0.05) is 0 Å². The average Bonchev–Trinajstić information content (AvgIpc) is 2.31. The van der Waals surface area contributed by atoms with E-state index in [1.807, 2.05) is 0 Å². The van der Waals surface area contributed by atoms with Crippen molar-refractivity contribution >= 4 is 35.0 Å². The summed E-state index contributed by atoms with van der Waals surface area (Å²) in [6.45, 7) is 1.66. The molecule has 0 fully saturated rings. The summed E-state index contributed by atoms with van der Waals surface area (Å²) >= 11 is 10.8. The Bertz CT molecular complexity index is 504. The Balaban J connectivity index is 3.04. The predicted molar refractivity (Wildman–Crippen MR) is 62.0 cm³/mol. The van der Waals surface area contributed by atoms with Crippen molar-refractivity contribution in [2.24, 2.45) is 0 Å². The van der Waals surface area contributed by atoms with E-state index in [4.69, 9.17) is 23.2 Å². The van der Waals surface area contributed by atoms with Crippen LogP contribution in [0.3, 0.4) is 0 Å². The maximum absolute atomic E-state index is 13.5. The van der Waals surface area contributed by atoms with Crippen LogP contribution in [0, 0.1) is 11.6 Å². The summed E-state index contributed by atoms with van der Waals surface area (Å²) in [4.78, 5) is 22.7. The number of ether oxygens (including phenoxy) is 1. The van der Waals surface area contributed by atoms with Gasteiger partial charge in [-0.3, -0.25) is 9.59 Å². The first-order valence-electron chi connectivity index (χ1n) is 4.90. The number of hydrogen-bond donors (Lipinski definition) is 0. The molecule has 0 N–H and O–H groups in total. The standard InChI is InChI=1S/C11H8Cl2F2O3/c1-2-18-8(17)4-7(16)5-3-6(12)11(15)9(13)10(5)14/h3H,2,4H2,1H3. The molecule has 0 radical (unpaired) electrons. The number of carbonyl (C=O) groups excluding carboxylic acids is 2. The van der Waals surface area contributed by atoms with Gasteiger partial charge in [0.1, 0.15) is 11.4 Å². The van der Waals surface area contributed by atoms with Gasteiger partial charge in [-0.15, -0.1) is 0 Å². The van der Waals surface area contributed by atoms with Gasteiger partial charge >= 0.3 is 5.97 Å². The van der Waals surface area contributed by atoms with Gasteiger partial charge in [-0.2, -0.15) is 0 Å². The second kappa shape index (κ2) is 6.11. The number of carbonyl (C=O) groups is 2. The number of halogens is 4. The fraction of sp³-hybridized carbons (Fsp3) is 0.273. The molecule has 0 atom stereocenters. The third kappa shape index (κ3) is 3.17. The van der Waals surface area contributed by atoms with Crippen molar-refractivity contribution in [2.45, 2.75) is 13.3 Å². The van der Waals surface area contributed by atoms with Crippen LogP contribution in [0.5, 0.6) is 0 Å². The number of Topliss-reactive ketones (excluding diaryl/α,β-unsaturated/α-hetero) is 1. The molecule has 1 aromatic carbocycles. The summed E-state index contributed by atoms with van der Waals surface area (Å²) in [5.74, 6) is -4.08. The van der Waals surface area contributed by atoms with E-state index >= 15 is 0 Å². The molecule has 98 valence electrons. The van der Waals surface area contributed by atoms with E-state index in [0.29, 0.717) is 0 Å². The molecule has 1 aromatic rings. The Morgan fingerprint density at radius 2 is 1.89 bits per heavy atom. The Labute approximate surface area is 112 Å². The van der Waals surface area contributed by atoms with Gasteiger partial charge < -0.3 is 4.74 Å². The molecule has 0 saturated carbocycles. The summed E-state index contributed by atoms with van der Waals surface area (Å²) in [7, 11) is 0. The third-order valence-corrected chi connectivity index (χ3v) is 2.62. The van der Waals surface area contributed by atoms with Crippen LogP contribution >= 0.6 is 23.2 Å². The van der Waals surface area contributed by atoms with Crippen LogP contribution in [0.2, 0.25) is 10.0 Å². The molecule has 0 aliphatic heterocycles. The maximum Gasteiger partial charge on any atom is 0.313 e. The lowest BCUT2D eigenvalue weighted by Crippen LogP contribution is -2.13. The molecule has 3 nitrogen and oxygen atoms in total. The first kappa shape index (κ1) is 14.9. The molecule has 18 heavy (non-hydrogen) atoms. The quantitative estimate of drug-likeness (QED) is 0.281. The first-order chi connectivity index (χ1) is 8.38. The van der Waals surface area contributed by atoms with Crippen LogP contribution in [0.1, 0.15) is 23.7 Å². The topological polar surface area (TPSA) is 43.4 Å². The molecular weight excluding hydrogens is 289 g/mol. The minimum Gasteiger partial charge on any atom is -0.466 e. The van der Waals surface area contributed by atoms with Gasteiger partial charge in [-0.1, -0.05) is 23.2 Å². The highest BCUT2D eigenvalue weighted by Gasteiger charge is 2.22. The summed E-state index contributed by atoms with van der Waals surface area (Å²) in [6.07, 6.45) is -0.664. The van der Waals surface area contributed by atoms with Crippen molar-refractivity contribution < 1.29 is 23.1 Å². The molecular formula is C11H8Cl2F2O3. The van der Waals surface area contributed by atoms with Crippen LogP contribution in [0.25, 0.3) is 0 Å². The van der Waals surface area contributed by atoms with Gasteiger partial charge in [0.2, 0.25) is 0 Å². The number of rotatable bonds is 4. The molecule has 0 saturated heterocycles. The van der Waals surface area contributed by atoms with Gasteiger partial charge in [0.25, 0.3) is 0 Å². The predicted octanol–water partition coefficient (Wildman–Crippen LogP) is 3.41. The summed E-state index contributed by atoms with van der Waals surface area (Å²) in [5.41, 5.74) is -0.542. The van der Waals surface area contributed by atoms with Crippen molar-refractivity contribution in [2.75, 3.05) is 6.61 Å². The van der Waals surface area contributed by atoms with Crippen LogP contribution in [-0.2, 0) is 9.53 Å². The van der Waals surface area contributed by atoms with Crippen LogP contribution in [0.15, 0.2) is 6.07 Å². The van der Waals surface area contributed by atoms with Crippen LogP contribution < -0.4 is 0 Å². The molecule has 7 heteroatoms. The lowest BCUT2D eigenvalue weighted by atomic mass is 10.1. The lowest BCUT2D eigenvalue weighted by Gasteiger charge is -2.06. The minimum absolute atomic E-state index is 0.0968. The Kier molecular flexibility index (Phi) is 5.04. The van der Waals surface area contributed by atoms with E-state index in [1.165, 1.54) is 0 Å². The maximum atomic E-state index is 13.5. The third-order valence-electron chi connectivity index (χ3n) is 2.01. The Morgan fingerprint density at radius 3 is 2.44 bits per heavy atom. The molecule has 0 aromatic heterocycles. The summed E-state index contributed by atoms with van der Waals surface area (Å²) < 4.78 is 31.2. The van der Waals surface area contributed by atoms with E-state index in [1.54, 1.807) is 6.92 Å². The monoisotopic (exact) mass is 296 g/mol. The zero-order chi connectivity index (χ0) is 13.9. The molecule has 1 rings (SSSR count). The van der Waals surface area contributed by atoms with Crippen molar-refractivity contribution in [3.8, 4) is 0 Å². The van der Waals surface area contributed by atoms with Gasteiger partial charge in [-0.25, -0.2) is 8.78 Å². The average molecular weight is 297 g/mol. The zero-order valence-electron chi connectivity index (χ0n) is 9.23. The Hall–Kier alpha value is -1.20. The normalized spacial score (nSPS) is 10.3. The van der Waals surface area contributed by atoms with Crippen molar-refractivity contribution in [3.63, 3.8) is 0 Å². The largest absolute Gasteiger partial charge is 0.466 e. The van der Waals surface area contributed by atoms with Gasteiger partial charge in [0.05, 0.1) is 17.2 Å². The SMILES string of the molecule is CCOC(=O)CC(=O)c1cc(Cl)c(F)c(Cl)c1F. The number of ketones is 1.